The number of amides is 4. The lowest BCUT2D eigenvalue weighted by atomic mass is 10.1. The molecule has 0 fully saturated rings. The minimum absolute atomic E-state index is 0.164. The van der Waals surface area contributed by atoms with E-state index >= 15 is 0 Å². The van der Waals surface area contributed by atoms with Crippen molar-refractivity contribution in [3.05, 3.63) is 95.1 Å². The maximum Gasteiger partial charge on any atom is 0.255 e. The fourth-order valence-corrected chi connectivity index (χ4v) is 3.16. The number of nitrogens with one attached hydrogen (secondary N) is 2. The van der Waals surface area contributed by atoms with E-state index < -0.39 is 0 Å². The lowest BCUT2D eigenvalue weighted by Gasteiger charge is -2.12. The summed E-state index contributed by atoms with van der Waals surface area (Å²) in [4.78, 5) is 52.4. The fraction of sp³-hybridized carbons (Fsp3) is 0.154. The van der Waals surface area contributed by atoms with Crippen molar-refractivity contribution >= 4 is 35.0 Å². The van der Waals surface area contributed by atoms with Gasteiger partial charge in [0.15, 0.2) is 0 Å². The first-order valence-corrected chi connectivity index (χ1v) is 10.5. The van der Waals surface area contributed by atoms with Gasteiger partial charge in [0.1, 0.15) is 0 Å². The van der Waals surface area contributed by atoms with Crippen LogP contribution in [0.1, 0.15) is 41.4 Å². The standard InChI is InChI=1S/C26H26N4O4/c1-29(2)25(33)19-7-5-9-21(15-19)27-23(31)17-11-13-18(14-12-17)24(32)28-22-10-6-8-20(16-22)26(34)30(3)4/h5-16H,1-4H3,(H,27,31)(H,28,32). The Bertz CT molecular complexity index is 1140. The van der Waals surface area contributed by atoms with E-state index in [0.29, 0.717) is 33.6 Å². The molecule has 0 saturated heterocycles. The van der Waals surface area contributed by atoms with Crippen molar-refractivity contribution in [3.63, 3.8) is 0 Å². The molecule has 0 saturated carbocycles. The summed E-state index contributed by atoms with van der Waals surface area (Å²) in [6, 6.07) is 19.5. The maximum absolute atomic E-state index is 12.6. The Kier molecular flexibility index (Phi) is 7.43. The highest BCUT2D eigenvalue weighted by atomic mass is 16.2. The number of anilines is 2. The molecule has 0 aliphatic rings. The smallest absolute Gasteiger partial charge is 0.255 e. The summed E-state index contributed by atoms with van der Waals surface area (Å²) < 4.78 is 0. The second-order valence-corrected chi connectivity index (χ2v) is 8.05. The molecule has 2 N–H and O–H groups in total. The fourth-order valence-electron chi connectivity index (χ4n) is 3.16. The minimum Gasteiger partial charge on any atom is -0.345 e. The predicted molar refractivity (Wildman–Crippen MR) is 131 cm³/mol. The van der Waals surface area contributed by atoms with Crippen LogP contribution in [0.2, 0.25) is 0 Å². The van der Waals surface area contributed by atoms with Gasteiger partial charge >= 0.3 is 0 Å². The molecule has 3 rings (SSSR count). The van der Waals surface area contributed by atoms with Gasteiger partial charge in [-0.25, -0.2) is 0 Å². The van der Waals surface area contributed by atoms with Crippen LogP contribution in [0.15, 0.2) is 72.8 Å². The zero-order valence-corrected chi connectivity index (χ0v) is 19.5. The van der Waals surface area contributed by atoms with Gasteiger partial charge < -0.3 is 20.4 Å². The van der Waals surface area contributed by atoms with Crippen LogP contribution < -0.4 is 10.6 Å². The van der Waals surface area contributed by atoms with E-state index in [1.165, 1.54) is 9.80 Å². The maximum atomic E-state index is 12.6. The molecule has 4 amide bonds. The Labute approximate surface area is 198 Å². The van der Waals surface area contributed by atoms with Crippen LogP contribution in [0.3, 0.4) is 0 Å². The van der Waals surface area contributed by atoms with Crippen molar-refractivity contribution in [2.24, 2.45) is 0 Å². The summed E-state index contributed by atoms with van der Waals surface area (Å²) in [6.45, 7) is 0. The second kappa shape index (κ2) is 10.4. The van der Waals surface area contributed by atoms with Crippen LogP contribution >= 0.6 is 0 Å². The van der Waals surface area contributed by atoms with Gasteiger partial charge in [-0.15, -0.1) is 0 Å². The van der Waals surface area contributed by atoms with E-state index in [0.717, 1.165) is 0 Å². The molecule has 8 nitrogen and oxygen atoms in total. The molecule has 174 valence electrons. The van der Waals surface area contributed by atoms with Crippen molar-refractivity contribution in [1.29, 1.82) is 0 Å². The molecule has 0 aromatic heterocycles. The van der Waals surface area contributed by atoms with Gasteiger partial charge in [-0.2, -0.15) is 0 Å². The molecule has 0 bridgehead atoms. The van der Waals surface area contributed by atoms with Gasteiger partial charge in [0, 0.05) is 61.8 Å². The number of hydrogen-bond donors (Lipinski definition) is 2. The topological polar surface area (TPSA) is 98.8 Å². The molecule has 0 aliphatic heterocycles. The van der Waals surface area contributed by atoms with E-state index in [2.05, 4.69) is 10.6 Å². The van der Waals surface area contributed by atoms with E-state index in [4.69, 9.17) is 0 Å². The molecule has 0 atom stereocenters. The molecule has 3 aromatic carbocycles. The lowest BCUT2D eigenvalue weighted by molar-refractivity contribution is 0.0820. The van der Waals surface area contributed by atoms with Crippen LogP contribution in [0.4, 0.5) is 11.4 Å². The normalized spacial score (nSPS) is 10.2. The van der Waals surface area contributed by atoms with Crippen LogP contribution in [0, 0.1) is 0 Å². The average Bonchev–Trinajstić information content (AvgIpc) is 2.83. The Morgan fingerprint density at radius 2 is 0.882 bits per heavy atom. The van der Waals surface area contributed by atoms with Crippen LogP contribution in [-0.2, 0) is 0 Å². The Morgan fingerprint density at radius 3 is 1.21 bits per heavy atom. The van der Waals surface area contributed by atoms with Crippen LogP contribution in [-0.4, -0.2) is 61.6 Å². The number of rotatable bonds is 6. The minimum atomic E-state index is -0.365. The van der Waals surface area contributed by atoms with Gasteiger partial charge in [-0.3, -0.25) is 19.2 Å². The Morgan fingerprint density at radius 1 is 0.529 bits per heavy atom. The van der Waals surface area contributed by atoms with E-state index in [9.17, 15) is 19.2 Å². The predicted octanol–water partition coefficient (Wildman–Crippen LogP) is 3.59. The molecular weight excluding hydrogens is 432 g/mol. The van der Waals surface area contributed by atoms with Crippen molar-refractivity contribution in [1.82, 2.24) is 9.80 Å². The molecule has 8 heteroatoms. The zero-order chi connectivity index (χ0) is 24.8. The SMILES string of the molecule is CN(C)C(=O)c1cccc(NC(=O)c2ccc(C(=O)Nc3cccc(C(=O)N(C)C)c3)cc2)c1. The number of nitrogens with zero attached hydrogens (tertiary/aromatic N) is 2. The van der Waals surface area contributed by atoms with Crippen molar-refractivity contribution < 1.29 is 19.2 Å². The first kappa shape index (κ1) is 24.2. The molecule has 3 aromatic rings. The Balaban J connectivity index is 1.67. The highest BCUT2D eigenvalue weighted by Crippen LogP contribution is 2.16. The third kappa shape index (κ3) is 5.86. The van der Waals surface area contributed by atoms with Gasteiger partial charge in [0.25, 0.3) is 23.6 Å². The van der Waals surface area contributed by atoms with Gasteiger partial charge in [-0.1, -0.05) is 12.1 Å². The van der Waals surface area contributed by atoms with Crippen molar-refractivity contribution in [3.8, 4) is 0 Å². The molecule has 0 heterocycles. The summed E-state index contributed by atoms with van der Waals surface area (Å²) in [6.07, 6.45) is 0. The molecule has 0 radical (unpaired) electrons. The first-order valence-electron chi connectivity index (χ1n) is 10.5. The highest BCUT2D eigenvalue weighted by molar-refractivity contribution is 6.08. The highest BCUT2D eigenvalue weighted by Gasteiger charge is 2.13. The van der Waals surface area contributed by atoms with E-state index in [-0.39, 0.29) is 23.6 Å². The third-order valence-electron chi connectivity index (χ3n) is 4.96. The van der Waals surface area contributed by atoms with E-state index in [1.54, 1.807) is 101 Å². The number of carbonyl (C=O) groups is 4. The summed E-state index contributed by atoms with van der Waals surface area (Å²) >= 11 is 0. The van der Waals surface area contributed by atoms with Gasteiger partial charge in [0.2, 0.25) is 0 Å². The summed E-state index contributed by atoms with van der Waals surface area (Å²) in [5.74, 6) is -1.06. The van der Waals surface area contributed by atoms with Gasteiger partial charge in [0.05, 0.1) is 0 Å². The average molecular weight is 459 g/mol. The monoisotopic (exact) mass is 458 g/mol. The quantitative estimate of drug-likeness (QED) is 0.590. The van der Waals surface area contributed by atoms with E-state index in [1.807, 2.05) is 0 Å². The van der Waals surface area contributed by atoms with Crippen LogP contribution in [0.5, 0.6) is 0 Å². The lowest BCUT2D eigenvalue weighted by Crippen LogP contribution is -2.22. The number of hydrogen-bond acceptors (Lipinski definition) is 4. The zero-order valence-electron chi connectivity index (χ0n) is 19.5. The summed E-state index contributed by atoms with van der Waals surface area (Å²) in [5.41, 5.74) is 2.63. The second-order valence-electron chi connectivity index (χ2n) is 8.05. The molecule has 0 aliphatic carbocycles. The summed E-state index contributed by atoms with van der Waals surface area (Å²) in [7, 11) is 6.63. The Hall–Kier alpha value is -4.46. The number of benzene rings is 3. The summed E-state index contributed by atoms with van der Waals surface area (Å²) in [5, 5.41) is 5.52. The molecular formula is C26H26N4O4. The molecule has 0 spiro atoms. The van der Waals surface area contributed by atoms with Crippen molar-refractivity contribution in [2.45, 2.75) is 0 Å². The molecule has 0 unspecified atom stereocenters. The largest absolute Gasteiger partial charge is 0.345 e. The molecule has 34 heavy (non-hydrogen) atoms. The third-order valence-corrected chi connectivity index (χ3v) is 4.96. The number of carbonyl (C=O) groups excluding carboxylic acids is 4. The van der Waals surface area contributed by atoms with Crippen molar-refractivity contribution in [2.75, 3.05) is 38.8 Å². The van der Waals surface area contributed by atoms with Crippen LogP contribution in [0.25, 0.3) is 0 Å². The van der Waals surface area contributed by atoms with Gasteiger partial charge in [-0.05, 0) is 60.7 Å². The first-order chi connectivity index (χ1) is 16.2.